The van der Waals surface area contributed by atoms with Crippen LogP contribution >= 0.6 is 15.9 Å². The second kappa shape index (κ2) is 5.69. The topological polar surface area (TPSA) is 25.8 Å². The Morgan fingerprint density at radius 2 is 2.00 bits per heavy atom. The molecule has 0 atom stereocenters. The van der Waals surface area contributed by atoms with Gasteiger partial charge in [-0.25, -0.2) is 0 Å². The normalized spacial score (nSPS) is 11.6. The maximum absolute atomic E-state index is 5.62. The molecule has 0 aliphatic carbocycles. The molecule has 1 aromatic rings. The molecule has 0 aliphatic heterocycles. The highest BCUT2D eigenvalue weighted by atomic mass is 79.9. The highest BCUT2D eigenvalue weighted by molar-refractivity contribution is 9.10. The predicted octanol–water partition coefficient (Wildman–Crippen LogP) is 2.71. The van der Waals surface area contributed by atoms with Gasteiger partial charge in [0.2, 0.25) is 0 Å². The number of nitrogens with two attached hydrogens (primary N) is 1. The van der Waals surface area contributed by atoms with Crippen LogP contribution in [0.4, 0.5) is 0 Å². The minimum absolute atomic E-state index is 0.242. The van der Waals surface area contributed by atoms with Crippen molar-refractivity contribution in [1.29, 1.82) is 0 Å². The van der Waals surface area contributed by atoms with Gasteiger partial charge in [0.1, 0.15) is 12.3 Å². The lowest BCUT2D eigenvalue weighted by Crippen LogP contribution is -2.92. The zero-order chi connectivity index (χ0) is 12.2. The summed E-state index contributed by atoms with van der Waals surface area (Å²) in [5.74, 6) is 0.992. The van der Waals surface area contributed by atoms with Gasteiger partial charge in [-0.3, -0.25) is 0 Å². The Labute approximate surface area is 107 Å². The van der Waals surface area contributed by atoms with E-state index in [-0.39, 0.29) is 5.54 Å². The first-order valence-electron chi connectivity index (χ1n) is 5.68. The van der Waals surface area contributed by atoms with Crippen LogP contribution in [0.25, 0.3) is 0 Å². The summed E-state index contributed by atoms with van der Waals surface area (Å²) in [6.45, 7) is 10.3. The van der Waals surface area contributed by atoms with Crippen molar-refractivity contribution in [2.45, 2.75) is 39.8 Å². The van der Waals surface area contributed by atoms with Crippen LogP contribution in [0.3, 0.4) is 0 Å². The van der Waals surface area contributed by atoms with Crippen molar-refractivity contribution in [3.63, 3.8) is 0 Å². The van der Waals surface area contributed by atoms with Crippen LogP contribution in [-0.2, 0) is 6.54 Å². The molecular formula is C13H21BrNO+. The fourth-order valence-corrected chi connectivity index (χ4v) is 1.83. The maximum atomic E-state index is 5.62. The van der Waals surface area contributed by atoms with Crippen molar-refractivity contribution in [3.05, 3.63) is 28.2 Å². The molecule has 0 spiro atoms. The van der Waals surface area contributed by atoms with E-state index in [0.717, 1.165) is 16.8 Å². The monoisotopic (exact) mass is 286 g/mol. The van der Waals surface area contributed by atoms with E-state index in [9.17, 15) is 0 Å². The SMILES string of the molecule is CCOc1ccc(Br)cc1C[NH2+]C(C)(C)C. The smallest absolute Gasteiger partial charge is 0.128 e. The van der Waals surface area contributed by atoms with Crippen LogP contribution in [-0.4, -0.2) is 12.1 Å². The van der Waals surface area contributed by atoms with E-state index in [2.05, 4.69) is 48.1 Å². The summed E-state index contributed by atoms with van der Waals surface area (Å²) in [4.78, 5) is 0. The molecular weight excluding hydrogens is 266 g/mol. The first kappa shape index (κ1) is 13.5. The molecule has 2 N–H and O–H groups in total. The lowest BCUT2D eigenvalue weighted by molar-refractivity contribution is -0.731. The van der Waals surface area contributed by atoms with Gasteiger partial charge in [0.05, 0.1) is 12.1 Å². The van der Waals surface area contributed by atoms with Gasteiger partial charge in [0.15, 0.2) is 0 Å². The van der Waals surface area contributed by atoms with E-state index in [1.807, 2.05) is 19.1 Å². The second-order valence-corrected chi connectivity index (χ2v) is 5.88. The van der Waals surface area contributed by atoms with Crippen molar-refractivity contribution >= 4 is 15.9 Å². The highest BCUT2D eigenvalue weighted by Gasteiger charge is 2.15. The quantitative estimate of drug-likeness (QED) is 0.905. The molecule has 0 saturated heterocycles. The number of benzene rings is 1. The van der Waals surface area contributed by atoms with Gasteiger partial charge in [0, 0.05) is 10.0 Å². The number of hydrogen-bond acceptors (Lipinski definition) is 1. The minimum atomic E-state index is 0.242. The molecule has 0 heterocycles. The van der Waals surface area contributed by atoms with Gasteiger partial charge < -0.3 is 10.1 Å². The zero-order valence-corrected chi connectivity index (χ0v) is 12.1. The van der Waals surface area contributed by atoms with E-state index in [4.69, 9.17) is 4.74 Å². The number of halogens is 1. The molecule has 3 heteroatoms. The van der Waals surface area contributed by atoms with Crippen molar-refractivity contribution in [1.82, 2.24) is 0 Å². The van der Waals surface area contributed by atoms with Crippen LogP contribution in [0.1, 0.15) is 33.3 Å². The van der Waals surface area contributed by atoms with Crippen molar-refractivity contribution in [2.24, 2.45) is 0 Å². The Bertz CT molecular complexity index is 344. The van der Waals surface area contributed by atoms with Crippen molar-refractivity contribution in [3.8, 4) is 5.75 Å². The van der Waals surface area contributed by atoms with Crippen LogP contribution in [0.2, 0.25) is 0 Å². The fraction of sp³-hybridized carbons (Fsp3) is 0.538. The third-order valence-electron chi connectivity index (χ3n) is 2.26. The van der Waals surface area contributed by atoms with Gasteiger partial charge in [-0.2, -0.15) is 0 Å². The summed E-state index contributed by atoms with van der Waals surface area (Å²) in [6, 6.07) is 6.18. The number of hydrogen-bond donors (Lipinski definition) is 1. The first-order chi connectivity index (χ1) is 7.42. The molecule has 1 rings (SSSR count). The molecule has 0 unspecified atom stereocenters. The first-order valence-corrected chi connectivity index (χ1v) is 6.47. The third kappa shape index (κ3) is 4.54. The Morgan fingerprint density at radius 3 is 2.56 bits per heavy atom. The van der Waals surface area contributed by atoms with E-state index in [0.29, 0.717) is 6.61 Å². The van der Waals surface area contributed by atoms with Crippen LogP contribution in [0.5, 0.6) is 5.75 Å². The molecule has 0 aromatic heterocycles. The van der Waals surface area contributed by atoms with Crippen LogP contribution in [0, 0.1) is 0 Å². The maximum Gasteiger partial charge on any atom is 0.128 e. The van der Waals surface area contributed by atoms with Crippen LogP contribution < -0.4 is 10.1 Å². The molecule has 0 amide bonds. The molecule has 90 valence electrons. The Balaban J connectivity index is 2.79. The highest BCUT2D eigenvalue weighted by Crippen LogP contribution is 2.22. The van der Waals surface area contributed by atoms with Gasteiger partial charge in [-0.05, 0) is 45.9 Å². The zero-order valence-electron chi connectivity index (χ0n) is 10.5. The molecule has 16 heavy (non-hydrogen) atoms. The molecule has 0 fully saturated rings. The Morgan fingerprint density at radius 1 is 1.31 bits per heavy atom. The summed E-state index contributed by atoms with van der Waals surface area (Å²) in [5.41, 5.74) is 1.48. The molecule has 0 saturated carbocycles. The third-order valence-corrected chi connectivity index (χ3v) is 2.75. The lowest BCUT2D eigenvalue weighted by Gasteiger charge is -2.18. The average molecular weight is 287 g/mol. The summed E-state index contributed by atoms with van der Waals surface area (Å²) in [6.07, 6.45) is 0. The summed E-state index contributed by atoms with van der Waals surface area (Å²) < 4.78 is 6.72. The van der Waals surface area contributed by atoms with Crippen molar-refractivity contribution in [2.75, 3.05) is 6.61 Å². The summed E-state index contributed by atoms with van der Waals surface area (Å²) in [5, 5.41) is 2.32. The van der Waals surface area contributed by atoms with Gasteiger partial charge >= 0.3 is 0 Å². The molecule has 0 bridgehead atoms. The van der Waals surface area contributed by atoms with Crippen LogP contribution in [0.15, 0.2) is 22.7 Å². The molecule has 2 nitrogen and oxygen atoms in total. The van der Waals surface area contributed by atoms with Gasteiger partial charge in [0.25, 0.3) is 0 Å². The lowest BCUT2D eigenvalue weighted by atomic mass is 10.1. The Kier molecular flexibility index (Phi) is 4.81. The Hall–Kier alpha value is -0.540. The number of rotatable bonds is 4. The minimum Gasteiger partial charge on any atom is -0.493 e. The summed E-state index contributed by atoms with van der Waals surface area (Å²) >= 11 is 3.50. The molecule has 0 radical (unpaired) electrons. The second-order valence-electron chi connectivity index (χ2n) is 4.96. The summed E-state index contributed by atoms with van der Waals surface area (Å²) in [7, 11) is 0. The van der Waals surface area contributed by atoms with Gasteiger partial charge in [-0.15, -0.1) is 0 Å². The van der Waals surface area contributed by atoms with Gasteiger partial charge in [-0.1, -0.05) is 15.9 Å². The van der Waals surface area contributed by atoms with E-state index in [1.54, 1.807) is 0 Å². The number of ether oxygens (including phenoxy) is 1. The van der Waals surface area contributed by atoms with E-state index < -0.39 is 0 Å². The average Bonchev–Trinajstić information content (AvgIpc) is 2.17. The van der Waals surface area contributed by atoms with E-state index in [1.165, 1.54) is 5.56 Å². The van der Waals surface area contributed by atoms with E-state index >= 15 is 0 Å². The predicted molar refractivity (Wildman–Crippen MR) is 70.7 cm³/mol. The molecule has 0 aliphatic rings. The molecule has 1 aromatic carbocycles. The standard InChI is InChI=1S/C13H20BrNO/c1-5-16-12-7-6-11(14)8-10(12)9-15-13(2,3)4/h6-8,15H,5,9H2,1-4H3/p+1. The number of quaternary nitrogens is 1. The largest absolute Gasteiger partial charge is 0.493 e. The fourth-order valence-electron chi connectivity index (χ4n) is 1.42. The van der Waals surface area contributed by atoms with Crippen molar-refractivity contribution < 1.29 is 10.1 Å².